The third-order valence-electron chi connectivity index (χ3n) is 4.10. The zero-order valence-corrected chi connectivity index (χ0v) is 13.0. The Morgan fingerprint density at radius 3 is 2.65 bits per heavy atom. The Kier molecular flexibility index (Phi) is 6.29. The van der Waals surface area contributed by atoms with E-state index in [4.69, 9.17) is 5.11 Å². The van der Waals surface area contributed by atoms with Crippen molar-refractivity contribution in [1.29, 1.82) is 0 Å². The van der Waals surface area contributed by atoms with Gasteiger partial charge >= 0.3 is 5.97 Å². The number of rotatable bonds is 7. The molecule has 1 aromatic rings. The SMILES string of the molecule is O=C[C@@H]1CC(C(=O)NCC(=O)O)CN(CCc2ccccc2)C1. The summed E-state index contributed by atoms with van der Waals surface area (Å²) in [6.07, 6.45) is 2.23. The number of hydrogen-bond acceptors (Lipinski definition) is 4. The molecule has 1 fully saturated rings. The molecule has 0 bridgehead atoms. The Balaban J connectivity index is 1.90. The van der Waals surface area contributed by atoms with Crippen LogP contribution in [-0.4, -0.2) is 54.3 Å². The van der Waals surface area contributed by atoms with Gasteiger partial charge in [-0.1, -0.05) is 30.3 Å². The highest BCUT2D eigenvalue weighted by Gasteiger charge is 2.31. The lowest BCUT2D eigenvalue weighted by Gasteiger charge is -2.35. The number of benzene rings is 1. The number of likely N-dealkylation sites (tertiary alicyclic amines) is 1. The highest BCUT2D eigenvalue weighted by atomic mass is 16.4. The first-order chi connectivity index (χ1) is 11.1. The van der Waals surface area contributed by atoms with Gasteiger partial charge in [0.05, 0.1) is 5.92 Å². The van der Waals surface area contributed by atoms with E-state index in [1.54, 1.807) is 0 Å². The second kappa shape index (κ2) is 8.43. The minimum Gasteiger partial charge on any atom is -0.480 e. The van der Waals surface area contributed by atoms with Gasteiger partial charge < -0.3 is 20.1 Å². The summed E-state index contributed by atoms with van der Waals surface area (Å²) in [7, 11) is 0. The van der Waals surface area contributed by atoms with E-state index in [2.05, 4.69) is 22.3 Å². The molecule has 0 aromatic heterocycles. The molecule has 6 nitrogen and oxygen atoms in total. The number of hydrogen-bond donors (Lipinski definition) is 2. The number of carbonyl (C=O) groups is 3. The minimum atomic E-state index is -1.07. The lowest BCUT2D eigenvalue weighted by atomic mass is 9.89. The van der Waals surface area contributed by atoms with Gasteiger partial charge in [-0.05, 0) is 18.4 Å². The first-order valence-corrected chi connectivity index (χ1v) is 7.79. The third kappa shape index (κ3) is 5.49. The fourth-order valence-electron chi connectivity index (χ4n) is 2.94. The Hall–Kier alpha value is -2.21. The van der Waals surface area contributed by atoms with Crippen LogP contribution in [0.1, 0.15) is 12.0 Å². The van der Waals surface area contributed by atoms with Gasteiger partial charge in [0.25, 0.3) is 0 Å². The molecule has 1 saturated heterocycles. The minimum absolute atomic E-state index is 0.180. The second-order valence-corrected chi connectivity index (χ2v) is 5.94. The van der Waals surface area contributed by atoms with Crippen LogP contribution in [0.2, 0.25) is 0 Å². The van der Waals surface area contributed by atoms with Crippen molar-refractivity contribution < 1.29 is 19.5 Å². The molecule has 0 saturated carbocycles. The van der Waals surface area contributed by atoms with E-state index in [9.17, 15) is 14.4 Å². The van der Waals surface area contributed by atoms with Gasteiger partial charge in [-0.15, -0.1) is 0 Å². The molecule has 2 atom stereocenters. The summed E-state index contributed by atoms with van der Waals surface area (Å²) < 4.78 is 0. The number of nitrogens with zero attached hydrogens (tertiary/aromatic N) is 1. The Labute approximate surface area is 135 Å². The molecule has 0 aliphatic carbocycles. The number of nitrogens with one attached hydrogen (secondary N) is 1. The van der Waals surface area contributed by atoms with Crippen molar-refractivity contribution in [3.8, 4) is 0 Å². The number of aldehydes is 1. The van der Waals surface area contributed by atoms with E-state index >= 15 is 0 Å². The molecule has 1 aliphatic heterocycles. The van der Waals surface area contributed by atoms with Crippen molar-refractivity contribution in [2.24, 2.45) is 11.8 Å². The molecule has 1 unspecified atom stereocenters. The van der Waals surface area contributed by atoms with E-state index < -0.39 is 5.97 Å². The van der Waals surface area contributed by atoms with Crippen molar-refractivity contribution in [3.63, 3.8) is 0 Å². The fraction of sp³-hybridized carbons (Fsp3) is 0.471. The topological polar surface area (TPSA) is 86.7 Å². The van der Waals surface area contributed by atoms with Gasteiger partial charge in [0.1, 0.15) is 12.8 Å². The van der Waals surface area contributed by atoms with E-state index in [0.717, 1.165) is 19.3 Å². The maximum atomic E-state index is 12.1. The van der Waals surface area contributed by atoms with E-state index in [1.165, 1.54) is 5.56 Å². The van der Waals surface area contributed by atoms with E-state index in [-0.39, 0.29) is 24.3 Å². The van der Waals surface area contributed by atoms with Gasteiger partial charge in [-0.2, -0.15) is 0 Å². The number of amides is 1. The predicted molar refractivity (Wildman–Crippen MR) is 84.9 cm³/mol. The summed E-state index contributed by atoms with van der Waals surface area (Å²) in [5.41, 5.74) is 1.22. The lowest BCUT2D eigenvalue weighted by molar-refractivity contribution is -0.139. The summed E-state index contributed by atoms with van der Waals surface area (Å²) in [5, 5.41) is 11.0. The third-order valence-corrected chi connectivity index (χ3v) is 4.10. The molecule has 124 valence electrons. The summed E-state index contributed by atoms with van der Waals surface area (Å²) in [6.45, 7) is 1.60. The number of carboxylic acid groups (broad SMARTS) is 1. The zero-order chi connectivity index (χ0) is 16.7. The van der Waals surface area contributed by atoms with Crippen LogP contribution in [0.5, 0.6) is 0 Å². The van der Waals surface area contributed by atoms with Crippen LogP contribution in [-0.2, 0) is 20.8 Å². The first kappa shape index (κ1) is 17.1. The summed E-state index contributed by atoms with van der Waals surface area (Å²) in [6, 6.07) is 10.1. The molecule has 1 amide bonds. The molecular formula is C17H22N2O4. The normalized spacial score (nSPS) is 21.6. The lowest BCUT2D eigenvalue weighted by Crippen LogP contribution is -2.48. The van der Waals surface area contributed by atoms with Crippen LogP contribution in [0.4, 0.5) is 0 Å². The molecule has 0 radical (unpaired) electrons. The Morgan fingerprint density at radius 1 is 1.26 bits per heavy atom. The molecule has 23 heavy (non-hydrogen) atoms. The van der Waals surface area contributed by atoms with E-state index in [1.807, 2.05) is 18.2 Å². The molecule has 2 N–H and O–H groups in total. The highest BCUT2D eigenvalue weighted by molar-refractivity contribution is 5.83. The average Bonchev–Trinajstić information content (AvgIpc) is 2.58. The number of piperidine rings is 1. The Morgan fingerprint density at radius 2 is 2.00 bits per heavy atom. The maximum Gasteiger partial charge on any atom is 0.322 e. The van der Waals surface area contributed by atoms with Crippen molar-refractivity contribution >= 4 is 18.2 Å². The van der Waals surface area contributed by atoms with Gasteiger partial charge in [0.15, 0.2) is 0 Å². The van der Waals surface area contributed by atoms with Crippen LogP contribution in [0.15, 0.2) is 30.3 Å². The molecular weight excluding hydrogens is 296 g/mol. The van der Waals surface area contributed by atoms with Crippen LogP contribution in [0.3, 0.4) is 0 Å². The van der Waals surface area contributed by atoms with Crippen LogP contribution < -0.4 is 5.32 Å². The molecule has 6 heteroatoms. The molecule has 1 heterocycles. The smallest absolute Gasteiger partial charge is 0.322 e. The number of aliphatic carboxylic acids is 1. The predicted octanol–water partition coefficient (Wildman–Crippen LogP) is 0.567. The van der Waals surface area contributed by atoms with Crippen LogP contribution in [0.25, 0.3) is 0 Å². The van der Waals surface area contributed by atoms with Gasteiger partial charge in [0, 0.05) is 25.6 Å². The summed E-state index contributed by atoms with van der Waals surface area (Å²) >= 11 is 0. The van der Waals surface area contributed by atoms with Crippen molar-refractivity contribution in [3.05, 3.63) is 35.9 Å². The molecule has 2 rings (SSSR count). The number of carboxylic acids is 1. The quantitative estimate of drug-likeness (QED) is 0.718. The average molecular weight is 318 g/mol. The summed E-state index contributed by atoms with van der Waals surface area (Å²) in [4.78, 5) is 35.9. The first-order valence-electron chi connectivity index (χ1n) is 7.79. The molecule has 1 aromatic carbocycles. The molecule has 0 spiro atoms. The molecule has 1 aliphatic rings. The monoisotopic (exact) mass is 318 g/mol. The van der Waals surface area contributed by atoms with Crippen LogP contribution in [0, 0.1) is 11.8 Å². The standard InChI is InChI=1S/C17H22N2O4/c20-12-14-8-15(17(23)18-9-16(21)22)11-19(10-14)7-6-13-4-2-1-3-5-13/h1-5,12,14-15H,6-11H2,(H,18,23)(H,21,22)/t14-,15?/m1/s1. The summed E-state index contributed by atoms with van der Waals surface area (Å²) in [5.74, 6) is -1.88. The van der Waals surface area contributed by atoms with Crippen LogP contribution >= 0.6 is 0 Å². The zero-order valence-electron chi connectivity index (χ0n) is 13.0. The van der Waals surface area contributed by atoms with Gasteiger partial charge in [0.2, 0.25) is 5.91 Å². The van der Waals surface area contributed by atoms with Crippen molar-refractivity contribution in [1.82, 2.24) is 10.2 Å². The number of carbonyl (C=O) groups excluding carboxylic acids is 2. The van der Waals surface area contributed by atoms with Crippen molar-refractivity contribution in [2.45, 2.75) is 12.8 Å². The van der Waals surface area contributed by atoms with Crippen molar-refractivity contribution in [2.75, 3.05) is 26.2 Å². The Bertz CT molecular complexity index is 547. The van der Waals surface area contributed by atoms with Gasteiger partial charge in [-0.25, -0.2) is 0 Å². The fourth-order valence-corrected chi connectivity index (χ4v) is 2.94. The largest absolute Gasteiger partial charge is 0.480 e. The maximum absolute atomic E-state index is 12.1. The second-order valence-electron chi connectivity index (χ2n) is 5.94. The van der Waals surface area contributed by atoms with E-state index in [0.29, 0.717) is 19.5 Å². The highest BCUT2D eigenvalue weighted by Crippen LogP contribution is 2.21. The van der Waals surface area contributed by atoms with Gasteiger partial charge in [-0.3, -0.25) is 9.59 Å².